The van der Waals surface area contributed by atoms with Crippen LogP contribution in [-0.2, 0) is 16.1 Å². The van der Waals surface area contributed by atoms with Crippen molar-refractivity contribution >= 4 is 23.6 Å². The van der Waals surface area contributed by atoms with E-state index in [0.717, 1.165) is 11.1 Å². The Balaban J connectivity index is 1.59. The molecule has 0 unspecified atom stereocenters. The summed E-state index contributed by atoms with van der Waals surface area (Å²) in [5.74, 6) is 0.594. The lowest BCUT2D eigenvalue weighted by molar-refractivity contribution is -0.138. The number of nitriles is 1. The summed E-state index contributed by atoms with van der Waals surface area (Å²) in [6, 6.07) is 12.3. The lowest BCUT2D eigenvalue weighted by Gasteiger charge is -2.20. The average molecular weight is 356 g/mol. The Bertz CT molecular complexity index is 853. The van der Waals surface area contributed by atoms with Crippen LogP contribution in [0.5, 0.6) is 11.5 Å². The number of hydrogen-bond acceptors (Lipinski definition) is 5. The number of carbonyl (C=O) groups excluding carboxylic acids is 1. The zero-order chi connectivity index (χ0) is 17.6. The van der Waals surface area contributed by atoms with Crippen LogP contribution in [0.2, 0.25) is 5.02 Å². The summed E-state index contributed by atoms with van der Waals surface area (Å²) >= 11 is 6.15. The van der Waals surface area contributed by atoms with Gasteiger partial charge in [0.05, 0.1) is 16.7 Å². The number of nitrogens with zero attached hydrogens (tertiary/aromatic N) is 1. The number of carbonyl (C=O) groups is 1. The molecule has 3 rings (SSSR count). The van der Waals surface area contributed by atoms with Gasteiger partial charge in [0, 0.05) is 6.08 Å². The normalized spacial score (nSPS) is 12.6. The molecule has 1 aliphatic heterocycles. The molecule has 5 nitrogen and oxygen atoms in total. The van der Waals surface area contributed by atoms with Crippen LogP contribution in [0.15, 0.2) is 42.5 Å². The highest BCUT2D eigenvalue weighted by molar-refractivity contribution is 6.32. The number of benzene rings is 2. The molecule has 0 spiro atoms. The molecule has 0 amide bonds. The topological polar surface area (TPSA) is 68.6 Å². The summed E-state index contributed by atoms with van der Waals surface area (Å²) in [7, 11) is 0. The van der Waals surface area contributed by atoms with Crippen molar-refractivity contribution in [3.63, 3.8) is 0 Å². The first-order chi connectivity index (χ1) is 12.2. The van der Waals surface area contributed by atoms with Crippen molar-refractivity contribution in [3.8, 4) is 17.6 Å². The molecule has 0 fully saturated rings. The molecule has 2 aromatic carbocycles. The number of ether oxygens (including phenoxy) is 3. The lowest BCUT2D eigenvalue weighted by atomic mass is 10.1. The van der Waals surface area contributed by atoms with Gasteiger partial charge < -0.3 is 14.2 Å². The summed E-state index contributed by atoms with van der Waals surface area (Å²) in [4.78, 5) is 11.8. The largest absolute Gasteiger partial charge is 0.486 e. The fraction of sp³-hybridized carbons (Fsp3) is 0.158. The van der Waals surface area contributed by atoms with E-state index < -0.39 is 5.97 Å². The summed E-state index contributed by atoms with van der Waals surface area (Å²) in [5.41, 5.74) is 2.09. The average Bonchev–Trinajstić information content (AvgIpc) is 2.65. The fourth-order valence-corrected chi connectivity index (χ4v) is 2.57. The van der Waals surface area contributed by atoms with Gasteiger partial charge in [0.2, 0.25) is 0 Å². The monoisotopic (exact) mass is 355 g/mol. The number of fused-ring (bicyclic) bond motifs is 1. The zero-order valence-corrected chi connectivity index (χ0v) is 14.0. The molecule has 0 radical (unpaired) electrons. The van der Waals surface area contributed by atoms with Crippen LogP contribution in [0, 0.1) is 11.3 Å². The summed E-state index contributed by atoms with van der Waals surface area (Å²) in [5, 5.41) is 9.18. The molecule has 6 heteroatoms. The van der Waals surface area contributed by atoms with E-state index in [9.17, 15) is 4.79 Å². The van der Waals surface area contributed by atoms with Crippen molar-refractivity contribution in [1.29, 1.82) is 5.26 Å². The lowest BCUT2D eigenvalue weighted by Crippen LogP contribution is -2.16. The van der Waals surface area contributed by atoms with Crippen LogP contribution in [0.1, 0.15) is 16.7 Å². The molecule has 0 saturated carbocycles. The van der Waals surface area contributed by atoms with Crippen molar-refractivity contribution in [3.05, 3.63) is 64.2 Å². The molecular formula is C19H14ClNO4. The second-order valence-corrected chi connectivity index (χ2v) is 5.68. The maximum atomic E-state index is 11.8. The highest BCUT2D eigenvalue weighted by Crippen LogP contribution is 2.38. The third-order valence-electron chi connectivity index (χ3n) is 3.49. The van der Waals surface area contributed by atoms with Gasteiger partial charge in [-0.2, -0.15) is 5.26 Å². The van der Waals surface area contributed by atoms with E-state index in [0.29, 0.717) is 35.3 Å². The van der Waals surface area contributed by atoms with E-state index >= 15 is 0 Å². The van der Waals surface area contributed by atoms with Gasteiger partial charge in [-0.15, -0.1) is 0 Å². The van der Waals surface area contributed by atoms with Gasteiger partial charge in [0.15, 0.2) is 11.5 Å². The maximum Gasteiger partial charge on any atom is 0.331 e. The van der Waals surface area contributed by atoms with E-state index in [2.05, 4.69) is 0 Å². The van der Waals surface area contributed by atoms with Gasteiger partial charge in [-0.05, 0) is 41.5 Å². The highest BCUT2D eigenvalue weighted by Gasteiger charge is 2.17. The van der Waals surface area contributed by atoms with Crippen molar-refractivity contribution in [2.24, 2.45) is 0 Å². The number of rotatable bonds is 4. The summed E-state index contributed by atoms with van der Waals surface area (Å²) in [6.45, 7) is 0.994. The zero-order valence-electron chi connectivity index (χ0n) is 13.2. The van der Waals surface area contributed by atoms with Crippen molar-refractivity contribution in [2.75, 3.05) is 13.2 Å². The third-order valence-corrected chi connectivity index (χ3v) is 3.77. The molecule has 126 valence electrons. The van der Waals surface area contributed by atoms with Gasteiger partial charge in [-0.25, -0.2) is 4.79 Å². The van der Waals surface area contributed by atoms with E-state index in [4.69, 9.17) is 31.1 Å². The quantitative estimate of drug-likeness (QED) is 0.617. The van der Waals surface area contributed by atoms with Crippen molar-refractivity contribution < 1.29 is 19.0 Å². The van der Waals surface area contributed by atoms with Gasteiger partial charge in [-0.1, -0.05) is 23.7 Å². The first kappa shape index (κ1) is 16.9. The van der Waals surface area contributed by atoms with E-state index in [1.807, 2.05) is 6.07 Å². The SMILES string of the molecule is N#Cc1ccc(/C=C/C(=O)OCc2cc(Cl)c3c(c2)OCCO3)cc1. The minimum Gasteiger partial charge on any atom is -0.486 e. The van der Waals surface area contributed by atoms with Gasteiger partial charge >= 0.3 is 5.97 Å². The van der Waals surface area contributed by atoms with E-state index in [1.54, 1.807) is 42.5 Å². The Hall–Kier alpha value is -2.97. The van der Waals surface area contributed by atoms with E-state index in [-0.39, 0.29) is 6.61 Å². The predicted molar refractivity (Wildman–Crippen MR) is 92.4 cm³/mol. The maximum absolute atomic E-state index is 11.8. The number of esters is 1. The first-order valence-electron chi connectivity index (χ1n) is 7.59. The number of hydrogen-bond donors (Lipinski definition) is 0. The molecule has 0 atom stereocenters. The van der Waals surface area contributed by atoms with Crippen molar-refractivity contribution in [1.82, 2.24) is 0 Å². The van der Waals surface area contributed by atoms with Gasteiger partial charge in [0.1, 0.15) is 19.8 Å². The molecule has 1 heterocycles. The molecule has 0 saturated heterocycles. The van der Waals surface area contributed by atoms with Crippen LogP contribution in [-0.4, -0.2) is 19.2 Å². The predicted octanol–water partition coefficient (Wildman–Crippen LogP) is 3.74. The fourth-order valence-electron chi connectivity index (χ4n) is 2.28. The first-order valence-corrected chi connectivity index (χ1v) is 7.96. The smallest absolute Gasteiger partial charge is 0.331 e. The van der Waals surface area contributed by atoms with Crippen LogP contribution in [0.4, 0.5) is 0 Å². The second-order valence-electron chi connectivity index (χ2n) is 5.28. The molecule has 0 bridgehead atoms. The molecule has 25 heavy (non-hydrogen) atoms. The van der Waals surface area contributed by atoms with Crippen LogP contribution >= 0.6 is 11.6 Å². The molecule has 0 aliphatic carbocycles. The molecule has 1 aliphatic rings. The van der Waals surface area contributed by atoms with Gasteiger partial charge in [0.25, 0.3) is 0 Å². The minimum absolute atomic E-state index is 0.0763. The van der Waals surface area contributed by atoms with Crippen LogP contribution in [0.3, 0.4) is 0 Å². The Morgan fingerprint density at radius 3 is 2.76 bits per heavy atom. The summed E-state index contributed by atoms with van der Waals surface area (Å²) in [6.07, 6.45) is 2.96. The van der Waals surface area contributed by atoms with Crippen molar-refractivity contribution in [2.45, 2.75) is 6.61 Å². The Labute approximate surface area is 150 Å². The third kappa shape index (κ3) is 4.31. The minimum atomic E-state index is -0.477. The van der Waals surface area contributed by atoms with Crippen LogP contribution in [0.25, 0.3) is 6.08 Å². The standard InChI is InChI=1S/C19H14ClNO4/c20-16-9-15(10-17-19(16)24-8-7-23-17)12-25-18(22)6-5-13-1-3-14(11-21)4-2-13/h1-6,9-10H,7-8,12H2/b6-5+. The molecular weight excluding hydrogens is 342 g/mol. The Morgan fingerprint density at radius 1 is 1.24 bits per heavy atom. The second kappa shape index (κ2) is 7.73. The molecule has 0 aromatic heterocycles. The Kier molecular flexibility index (Phi) is 5.22. The number of halogens is 1. The highest BCUT2D eigenvalue weighted by atomic mass is 35.5. The molecule has 0 N–H and O–H groups in total. The summed E-state index contributed by atoms with van der Waals surface area (Å²) < 4.78 is 16.1. The van der Waals surface area contributed by atoms with Crippen LogP contribution < -0.4 is 9.47 Å². The van der Waals surface area contributed by atoms with Gasteiger partial charge in [-0.3, -0.25) is 0 Å². The molecule has 2 aromatic rings. The Morgan fingerprint density at radius 2 is 2.00 bits per heavy atom. The van der Waals surface area contributed by atoms with E-state index in [1.165, 1.54) is 6.08 Å².